The summed E-state index contributed by atoms with van der Waals surface area (Å²) in [5, 5.41) is 12.4. The number of rotatable bonds is 2. The van der Waals surface area contributed by atoms with E-state index in [9.17, 15) is 0 Å². The average molecular weight is 141 g/mol. The van der Waals surface area contributed by atoms with E-state index in [1.54, 1.807) is 0 Å². The minimum atomic E-state index is -0.124. The van der Waals surface area contributed by atoms with Gasteiger partial charge in [-0.25, -0.2) is 0 Å². The van der Waals surface area contributed by atoms with Crippen molar-refractivity contribution in [1.29, 1.82) is 0 Å². The van der Waals surface area contributed by atoms with Gasteiger partial charge in [-0.2, -0.15) is 0 Å². The third kappa shape index (κ3) is 2.12. The van der Waals surface area contributed by atoms with E-state index < -0.39 is 0 Å². The van der Waals surface area contributed by atoms with Crippen LogP contribution in [0.25, 0.3) is 0 Å². The zero-order chi connectivity index (χ0) is 7.40. The maximum absolute atomic E-state index is 9.11. The molecule has 1 aliphatic rings. The Hall–Kier alpha value is -0.340. The largest absolute Gasteiger partial charge is 0.392 e. The molecular weight excluding hydrogens is 126 g/mol. The number of aliphatic hydroxyl groups is 1. The van der Waals surface area contributed by atoms with Crippen molar-refractivity contribution in [2.24, 2.45) is 0 Å². The van der Waals surface area contributed by atoms with Crippen molar-refractivity contribution in [3.05, 3.63) is 12.7 Å². The van der Waals surface area contributed by atoms with Crippen LogP contribution in [0.5, 0.6) is 0 Å². The zero-order valence-corrected chi connectivity index (χ0v) is 6.21. The highest BCUT2D eigenvalue weighted by Gasteiger charge is 2.16. The third-order valence-electron chi connectivity index (χ3n) is 1.94. The second kappa shape index (κ2) is 3.74. The van der Waals surface area contributed by atoms with Crippen LogP contribution in [-0.4, -0.2) is 23.8 Å². The van der Waals surface area contributed by atoms with Crippen molar-refractivity contribution in [2.45, 2.75) is 31.4 Å². The lowest BCUT2D eigenvalue weighted by Gasteiger charge is -2.25. The van der Waals surface area contributed by atoms with Crippen LogP contribution >= 0.6 is 0 Å². The van der Waals surface area contributed by atoms with Crippen LogP contribution in [0.15, 0.2) is 12.7 Å². The van der Waals surface area contributed by atoms with Crippen molar-refractivity contribution in [3.8, 4) is 0 Å². The van der Waals surface area contributed by atoms with Gasteiger partial charge in [-0.3, -0.25) is 0 Å². The van der Waals surface area contributed by atoms with Crippen molar-refractivity contribution < 1.29 is 5.11 Å². The summed E-state index contributed by atoms with van der Waals surface area (Å²) in [4.78, 5) is 0. The summed E-state index contributed by atoms with van der Waals surface area (Å²) >= 11 is 0. The lowest BCUT2D eigenvalue weighted by atomic mass is 10.0. The van der Waals surface area contributed by atoms with E-state index in [-0.39, 0.29) is 6.10 Å². The van der Waals surface area contributed by atoms with Crippen LogP contribution in [0, 0.1) is 0 Å². The van der Waals surface area contributed by atoms with Gasteiger partial charge in [-0.05, 0) is 19.3 Å². The molecular formula is C8H15NO. The Labute approximate surface area is 61.9 Å². The molecule has 1 saturated heterocycles. The Morgan fingerprint density at radius 2 is 2.40 bits per heavy atom. The minimum Gasteiger partial charge on any atom is -0.392 e. The molecule has 1 fully saturated rings. The highest BCUT2D eigenvalue weighted by molar-refractivity contribution is 4.83. The molecule has 2 heteroatoms. The van der Waals surface area contributed by atoms with Gasteiger partial charge in [0.25, 0.3) is 0 Å². The molecule has 0 spiro atoms. The smallest absolute Gasteiger partial charge is 0.0665 e. The summed E-state index contributed by atoms with van der Waals surface area (Å²) in [5.74, 6) is 0. The van der Waals surface area contributed by atoms with Crippen LogP contribution in [0.4, 0.5) is 0 Å². The maximum Gasteiger partial charge on any atom is 0.0665 e. The third-order valence-corrected chi connectivity index (χ3v) is 1.94. The molecule has 1 heterocycles. The summed E-state index contributed by atoms with van der Waals surface area (Å²) in [7, 11) is 0. The van der Waals surface area contributed by atoms with E-state index in [1.807, 2.05) is 6.08 Å². The number of piperidine rings is 1. The summed E-state index contributed by atoms with van der Waals surface area (Å²) in [6.07, 6.45) is 4.84. The van der Waals surface area contributed by atoms with Gasteiger partial charge < -0.3 is 10.4 Å². The van der Waals surface area contributed by atoms with Gasteiger partial charge in [0.2, 0.25) is 0 Å². The molecule has 0 bridgehead atoms. The van der Waals surface area contributed by atoms with Crippen LogP contribution in [0.3, 0.4) is 0 Å². The number of nitrogens with one attached hydrogen (secondary N) is 1. The number of aliphatic hydroxyl groups excluding tert-OH is 1. The van der Waals surface area contributed by atoms with Crippen LogP contribution in [0.2, 0.25) is 0 Å². The van der Waals surface area contributed by atoms with E-state index in [0.29, 0.717) is 6.04 Å². The van der Waals surface area contributed by atoms with Gasteiger partial charge in [0, 0.05) is 12.6 Å². The normalized spacial score (nSPS) is 33.7. The Morgan fingerprint density at radius 3 is 2.90 bits per heavy atom. The van der Waals surface area contributed by atoms with Crippen molar-refractivity contribution in [1.82, 2.24) is 5.32 Å². The Balaban J connectivity index is 2.19. The SMILES string of the molecule is C=CCC1CCC(O)CN1. The standard InChI is InChI=1S/C8H15NO/c1-2-3-7-4-5-8(10)6-9-7/h2,7-10H,1,3-6H2. The zero-order valence-electron chi connectivity index (χ0n) is 6.21. The highest BCUT2D eigenvalue weighted by atomic mass is 16.3. The number of hydrogen-bond acceptors (Lipinski definition) is 2. The fraction of sp³-hybridized carbons (Fsp3) is 0.750. The second-order valence-electron chi connectivity index (χ2n) is 2.86. The molecule has 1 aliphatic heterocycles. The topological polar surface area (TPSA) is 32.3 Å². The molecule has 0 aromatic rings. The van der Waals surface area contributed by atoms with E-state index >= 15 is 0 Å². The van der Waals surface area contributed by atoms with Crippen molar-refractivity contribution >= 4 is 0 Å². The van der Waals surface area contributed by atoms with E-state index in [0.717, 1.165) is 25.8 Å². The molecule has 2 unspecified atom stereocenters. The lowest BCUT2D eigenvalue weighted by molar-refractivity contribution is 0.127. The second-order valence-corrected chi connectivity index (χ2v) is 2.86. The summed E-state index contributed by atoms with van der Waals surface area (Å²) in [6.45, 7) is 4.42. The molecule has 58 valence electrons. The molecule has 2 atom stereocenters. The highest BCUT2D eigenvalue weighted by Crippen LogP contribution is 2.10. The molecule has 1 rings (SSSR count). The first kappa shape index (κ1) is 7.76. The van der Waals surface area contributed by atoms with Gasteiger partial charge in [0.15, 0.2) is 0 Å². The lowest BCUT2D eigenvalue weighted by Crippen LogP contribution is -2.41. The number of β-amino-alcohol motifs (C(OH)–C–C–N with tert-alkyl or cyclic N) is 1. The maximum atomic E-state index is 9.11. The van der Waals surface area contributed by atoms with E-state index in [2.05, 4.69) is 11.9 Å². The molecule has 0 saturated carbocycles. The van der Waals surface area contributed by atoms with E-state index in [4.69, 9.17) is 5.11 Å². The van der Waals surface area contributed by atoms with Gasteiger partial charge in [0.1, 0.15) is 0 Å². The Morgan fingerprint density at radius 1 is 1.60 bits per heavy atom. The molecule has 0 radical (unpaired) electrons. The molecule has 0 aromatic heterocycles. The Bertz CT molecular complexity index is 106. The average Bonchev–Trinajstić information content (AvgIpc) is 1.95. The van der Waals surface area contributed by atoms with Gasteiger partial charge >= 0.3 is 0 Å². The predicted molar refractivity (Wildman–Crippen MR) is 41.8 cm³/mol. The molecule has 2 nitrogen and oxygen atoms in total. The minimum absolute atomic E-state index is 0.124. The molecule has 10 heavy (non-hydrogen) atoms. The first-order valence-corrected chi connectivity index (χ1v) is 3.85. The summed E-state index contributed by atoms with van der Waals surface area (Å²) in [5.41, 5.74) is 0. The molecule has 2 N–H and O–H groups in total. The molecule has 0 aliphatic carbocycles. The quantitative estimate of drug-likeness (QED) is 0.554. The van der Waals surface area contributed by atoms with Gasteiger partial charge in [-0.1, -0.05) is 6.08 Å². The summed E-state index contributed by atoms with van der Waals surface area (Å²) in [6, 6.07) is 0.556. The van der Waals surface area contributed by atoms with Crippen LogP contribution < -0.4 is 5.32 Å². The fourth-order valence-electron chi connectivity index (χ4n) is 1.30. The fourth-order valence-corrected chi connectivity index (χ4v) is 1.30. The molecule has 0 amide bonds. The Kier molecular flexibility index (Phi) is 2.90. The van der Waals surface area contributed by atoms with Gasteiger partial charge in [-0.15, -0.1) is 6.58 Å². The van der Waals surface area contributed by atoms with Gasteiger partial charge in [0.05, 0.1) is 6.10 Å². The van der Waals surface area contributed by atoms with Crippen LogP contribution in [0.1, 0.15) is 19.3 Å². The number of hydrogen-bond donors (Lipinski definition) is 2. The first-order chi connectivity index (χ1) is 4.83. The van der Waals surface area contributed by atoms with E-state index in [1.165, 1.54) is 0 Å². The monoisotopic (exact) mass is 141 g/mol. The molecule has 0 aromatic carbocycles. The first-order valence-electron chi connectivity index (χ1n) is 3.85. The van der Waals surface area contributed by atoms with Crippen molar-refractivity contribution in [3.63, 3.8) is 0 Å². The van der Waals surface area contributed by atoms with Crippen molar-refractivity contribution in [2.75, 3.05) is 6.54 Å². The summed E-state index contributed by atoms with van der Waals surface area (Å²) < 4.78 is 0. The van der Waals surface area contributed by atoms with Crippen LogP contribution in [-0.2, 0) is 0 Å². The predicted octanol–water partition coefficient (Wildman–Crippen LogP) is 0.675.